The molecule has 0 unspecified atom stereocenters. The van der Waals surface area contributed by atoms with Crippen LogP contribution in [0.2, 0.25) is 0 Å². The van der Waals surface area contributed by atoms with E-state index < -0.39 is 5.92 Å². The van der Waals surface area contributed by atoms with E-state index in [1.54, 1.807) is 17.5 Å². The van der Waals surface area contributed by atoms with Gasteiger partial charge >= 0.3 is 0 Å². The van der Waals surface area contributed by atoms with Crippen LogP contribution in [0.25, 0.3) is 0 Å². The van der Waals surface area contributed by atoms with Crippen LogP contribution in [0.4, 0.5) is 8.78 Å². The minimum Gasteiger partial charge on any atom is -0.207 e. The van der Waals surface area contributed by atoms with Crippen LogP contribution >= 0.6 is 11.3 Å². The highest BCUT2D eigenvalue weighted by Crippen LogP contribution is 2.21. The van der Waals surface area contributed by atoms with Crippen molar-refractivity contribution in [2.24, 2.45) is 0 Å². The Morgan fingerprint density at radius 3 is 2.70 bits per heavy atom. The second-order valence-corrected chi connectivity index (χ2v) is 3.36. The van der Waals surface area contributed by atoms with E-state index in [9.17, 15) is 8.78 Å². The molecule has 0 radical (unpaired) electrons. The Bertz CT molecular complexity index is 186. The summed E-state index contributed by atoms with van der Waals surface area (Å²) in [5, 5.41) is 1.81. The van der Waals surface area contributed by atoms with Gasteiger partial charge in [0.2, 0.25) is 5.92 Å². The number of hydrogen-bond donors (Lipinski definition) is 0. The molecule has 0 N–H and O–H groups in total. The first-order valence-electron chi connectivity index (χ1n) is 2.98. The Morgan fingerprint density at radius 2 is 2.30 bits per heavy atom. The van der Waals surface area contributed by atoms with Crippen molar-refractivity contribution < 1.29 is 8.78 Å². The molecular formula is C7H8F2S. The Balaban J connectivity index is 2.57. The predicted octanol–water partition coefficient (Wildman–Crippen LogP) is 2.95. The molecule has 0 fully saturated rings. The van der Waals surface area contributed by atoms with Crippen molar-refractivity contribution in [2.75, 3.05) is 0 Å². The van der Waals surface area contributed by atoms with Crippen LogP contribution in [0, 0.1) is 0 Å². The highest BCUT2D eigenvalue weighted by atomic mass is 32.1. The maximum atomic E-state index is 12.3. The van der Waals surface area contributed by atoms with Gasteiger partial charge in [0.25, 0.3) is 0 Å². The lowest BCUT2D eigenvalue weighted by Gasteiger charge is -2.06. The van der Waals surface area contributed by atoms with Gasteiger partial charge in [-0.3, -0.25) is 0 Å². The van der Waals surface area contributed by atoms with Crippen molar-refractivity contribution in [2.45, 2.75) is 19.3 Å². The van der Waals surface area contributed by atoms with Crippen molar-refractivity contribution in [1.82, 2.24) is 0 Å². The fourth-order valence-corrected chi connectivity index (χ4v) is 1.54. The van der Waals surface area contributed by atoms with Crippen molar-refractivity contribution >= 4 is 11.3 Å². The molecule has 0 aliphatic rings. The standard InChI is InChI=1S/C7H8F2S/c1-7(8,9)5-6-3-2-4-10-6/h2-4H,5H2,1H3. The summed E-state index contributed by atoms with van der Waals surface area (Å²) in [5.74, 6) is -2.56. The fraction of sp³-hybridized carbons (Fsp3) is 0.429. The minimum absolute atomic E-state index is 0.134. The highest BCUT2D eigenvalue weighted by Gasteiger charge is 2.21. The number of rotatable bonds is 2. The number of hydrogen-bond acceptors (Lipinski definition) is 1. The maximum absolute atomic E-state index is 12.3. The first kappa shape index (κ1) is 7.66. The molecule has 0 saturated heterocycles. The van der Waals surface area contributed by atoms with E-state index >= 15 is 0 Å². The van der Waals surface area contributed by atoms with E-state index in [1.165, 1.54) is 11.3 Å². The van der Waals surface area contributed by atoms with Crippen LogP contribution in [-0.4, -0.2) is 5.92 Å². The summed E-state index contributed by atoms with van der Waals surface area (Å²) in [7, 11) is 0. The molecule has 56 valence electrons. The second-order valence-electron chi connectivity index (χ2n) is 2.33. The summed E-state index contributed by atoms with van der Waals surface area (Å²) < 4.78 is 24.6. The average molecular weight is 162 g/mol. The van der Waals surface area contributed by atoms with E-state index in [2.05, 4.69) is 0 Å². The van der Waals surface area contributed by atoms with Crippen molar-refractivity contribution in [3.05, 3.63) is 22.4 Å². The van der Waals surface area contributed by atoms with E-state index in [-0.39, 0.29) is 6.42 Å². The molecule has 1 aromatic heterocycles. The van der Waals surface area contributed by atoms with Crippen molar-refractivity contribution in [3.8, 4) is 0 Å². The molecule has 0 aliphatic heterocycles. The normalized spacial score (nSPS) is 11.9. The van der Waals surface area contributed by atoms with Crippen LogP contribution in [0.5, 0.6) is 0 Å². The minimum atomic E-state index is -2.56. The first-order chi connectivity index (χ1) is 4.58. The van der Waals surface area contributed by atoms with Crippen molar-refractivity contribution in [1.29, 1.82) is 0 Å². The molecular weight excluding hydrogens is 154 g/mol. The van der Waals surface area contributed by atoms with Crippen LogP contribution in [0.15, 0.2) is 17.5 Å². The van der Waals surface area contributed by atoms with Gasteiger partial charge in [-0.05, 0) is 18.4 Å². The third-order valence-electron chi connectivity index (χ3n) is 1.06. The van der Waals surface area contributed by atoms with Crippen LogP contribution < -0.4 is 0 Å². The predicted molar refractivity (Wildman–Crippen MR) is 38.6 cm³/mol. The van der Waals surface area contributed by atoms with E-state index in [0.717, 1.165) is 11.8 Å². The Hall–Kier alpha value is -0.440. The number of thiophene rings is 1. The van der Waals surface area contributed by atoms with Crippen LogP contribution in [-0.2, 0) is 6.42 Å². The molecule has 1 rings (SSSR count). The molecule has 0 aliphatic carbocycles. The molecule has 0 amide bonds. The largest absolute Gasteiger partial charge is 0.250 e. The molecule has 1 heterocycles. The van der Waals surface area contributed by atoms with Gasteiger partial charge in [-0.15, -0.1) is 11.3 Å². The topological polar surface area (TPSA) is 0 Å². The quantitative estimate of drug-likeness (QED) is 0.627. The van der Waals surface area contributed by atoms with E-state index in [0.29, 0.717) is 0 Å². The van der Waals surface area contributed by atoms with Gasteiger partial charge in [-0.1, -0.05) is 6.07 Å². The SMILES string of the molecule is CC(F)(F)Cc1cccs1. The first-order valence-corrected chi connectivity index (χ1v) is 3.86. The summed E-state index contributed by atoms with van der Waals surface area (Å²) in [5.41, 5.74) is 0. The van der Waals surface area contributed by atoms with E-state index in [4.69, 9.17) is 0 Å². The summed E-state index contributed by atoms with van der Waals surface area (Å²) in [6.45, 7) is 0.937. The summed E-state index contributed by atoms with van der Waals surface area (Å²) in [6.07, 6.45) is -0.134. The number of halogens is 2. The molecule has 3 heteroatoms. The van der Waals surface area contributed by atoms with Gasteiger partial charge in [0.15, 0.2) is 0 Å². The fourth-order valence-electron chi connectivity index (χ4n) is 0.719. The van der Waals surface area contributed by atoms with E-state index in [1.807, 2.05) is 0 Å². The zero-order valence-electron chi connectivity index (χ0n) is 5.60. The second kappa shape index (κ2) is 2.66. The molecule has 0 aromatic carbocycles. The van der Waals surface area contributed by atoms with Crippen molar-refractivity contribution in [3.63, 3.8) is 0 Å². The smallest absolute Gasteiger partial charge is 0.207 e. The van der Waals surface area contributed by atoms with Gasteiger partial charge in [-0.25, -0.2) is 8.78 Å². The molecule has 0 bridgehead atoms. The third-order valence-corrected chi connectivity index (χ3v) is 1.94. The Morgan fingerprint density at radius 1 is 1.60 bits per heavy atom. The third kappa shape index (κ3) is 2.43. The molecule has 10 heavy (non-hydrogen) atoms. The van der Waals surface area contributed by atoms with Gasteiger partial charge in [-0.2, -0.15) is 0 Å². The average Bonchev–Trinajstić information content (AvgIpc) is 2.12. The van der Waals surface area contributed by atoms with Crippen LogP contribution in [0.1, 0.15) is 11.8 Å². The summed E-state index contributed by atoms with van der Waals surface area (Å²) >= 11 is 1.37. The summed E-state index contributed by atoms with van der Waals surface area (Å²) in [4.78, 5) is 0.743. The molecule has 0 spiro atoms. The molecule has 1 aromatic rings. The lowest BCUT2D eigenvalue weighted by atomic mass is 10.2. The zero-order valence-corrected chi connectivity index (χ0v) is 6.42. The van der Waals surface area contributed by atoms with Gasteiger partial charge < -0.3 is 0 Å². The van der Waals surface area contributed by atoms with Gasteiger partial charge in [0, 0.05) is 11.3 Å². The molecule has 0 nitrogen and oxygen atoms in total. The Labute approximate surface area is 62.5 Å². The zero-order chi connectivity index (χ0) is 7.61. The summed E-state index contributed by atoms with van der Waals surface area (Å²) in [6, 6.07) is 3.51. The van der Waals surface area contributed by atoms with Crippen LogP contribution in [0.3, 0.4) is 0 Å². The lowest BCUT2D eigenvalue weighted by Crippen LogP contribution is -2.12. The van der Waals surface area contributed by atoms with Gasteiger partial charge in [0.05, 0.1) is 0 Å². The molecule has 0 saturated carbocycles. The highest BCUT2D eigenvalue weighted by molar-refractivity contribution is 7.09. The monoisotopic (exact) mass is 162 g/mol. The lowest BCUT2D eigenvalue weighted by molar-refractivity contribution is 0.0234. The van der Waals surface area contributed by atoms with Gasteiger partial charge in [0.1, 0.15) is 0 Å². The molecule has 0 atom stereocenters. The number of alkyl halides is 2. The maximum Gasteiger partial charge on any atom is 0.250 e. The Kier molecular flexibility index (Phi) is 2.04.